The van der Waals surface area contributed by atoms with E-state index in [0.29, 0.717) is 12.0 Å². The van der Waals surface area contributed by atoms with Crippen LogP contribution in [0.4, 0.5) is 0 Å². The Labute approximate surface area is 104 Å². The van der Waals surface area contributed by atoms with Crippen molar-refractivity contribution >= 4 is 11.3 Å². The molecule has 0 bridgehead atoms. The van der Waals surface area contributed by atoms with Gasteiger partial charge in [-0.25, -0.2) is 0 Å². The molecule has 16 heavy (non-hydrogen) atoms. The van der Waals surface area contributed by atoms with Gasteiger partial charge < -0.3 is 5.32 Å². The first kappa shape index (κ1) is 13.7. The smallest absolute Gasteiger partial charge is 0.0443 e. The number of hydrogen-bond donors (Lipinski definition) is 1. The molecule has 0 radical (unpaired) electrons. The second-order valence-corrected chi connectivity index (χ2v) is 6.01. The lowest BCUT2D eigenvalue weighted by Gasteiger charge is -2.24. The molecule has 0 aliphatic heterocycles. The third-order valence-electron chi connectivity index (χ3n) is 3.19. The number of hydrogen-bond acceptors (Lipinski definition) is 2. The van der Waals surface area contributed by atoms with Crippen LogP contribution in [0.5, 0.6) is 0 Å². The van der Waals surface area contributed by atoms with Crippen molar-refractivity contribution in [3.8, 4) is 0 Å². The van der Waals surface area contributed by atoms with Crippen LogP contribution in [-0.4, -0.2) is 6.54 Å². The Hall–Kier alpha value is -0.340. The highest BCUT2D eigenvalue weighted by atomic mass is 32.1. The van der Waals surface area contributed by atoms with E-state index in [1.807, 2.05) is 11.3 Å². The molecule has 2 atom stereocenters. The monoisotopic (exact) mass is 239 g/mol. The van der Waals surface area contributed by atoms with E-state index in [-0.39, 0.29) is 0 Å². The molecular formula is C14H25NS. The molecule has 1 heterocycles. The van der Waals surface area contributed by atoms with Gasteiger partial charge in [0.15, 0.2) is 0 Å². The van der Waals surface area contributed by atoms with E-state index in [1.54, 1.807) is 4.88 Å². The van der Waals surface area contributed by atoms with E-state index < -0.39 is 0 Å². The molecule has 1 aromatic heterocycles. The van der Waals surface area contributed by atoms with Gasteiger partial charge in [-0.15, -0.1) is 11.3 Å². The van der Waals surface area contributed by atoms with Crippen LogP contribution < -0.4 is 5.32 Å². The molecule has 0 amide bonds. The summed E-state index contributed by atoms with van der Waals surface area (Å²) in [6, 6.07) is 2.85. The number of thiophene rings is 1. The lowest BCUT2D eigenvalue weighted by atomic mass is 9.96. The van der Waals surface area contributed by atoms with Crippen LogP contribution in [-0.2, 0) is 0 Å². The molecule has 2 unspecified atom stereocenters. The van der Waals surface area contributed by atoms with Crippen molar-refractivity contribution in [1.29, 1.82) is 0 Å². The van der Waals surface area contributed by atoms with Gasteiger partial charge in [0.2, 0.25) is 0 Å². The van der Waals surface area contributed by atoms with E-state index in [1.165, 1.54) is 23.3 Å². The third kappa shape index (κ3) is 3.33. The zero-order chi connectivity index (χ0) is 12.1. The van der Waals surface area contributed by atoms with Crippen molar-refractivity contribution in [2.75, 3.05) is 6.54 Å². The van der Waals surface area contributed by atoms with Crippen LogP contribution >= 0.6 is 11.3 Å². The second-order valence-electron chi connectivity index (χ2n) is 4.72. The number of nitrogens with one attached hydrogen (secondary N) is 1. The molecule has 1 aromatic rings. The van der Waals surface area contributed by atoms with Crippen LogP contribution in [0.15, 0.2) is 6.07 Å². The molecule has 92 valence electrons. The molecule has 0 aliphatic carbocycles. The Morgan fingerprint density at radius 2 is 2.00 bits per heavy atom. The minimum absolute atomic E-state index is 0.545. The Morgan fingerprint density at radius 1 is 1.31 bits per heavy atom. The molecule has 1 rings (SSSR count). The van der Waals surface area contributed by atoms with Gasteiger partial charge >= 0.3 is 0 Å². The van der Waals surface area contributed by atoms with Crippen molar-refractivity contribution in [2.45, 2.75) is 53.5 Å². The topological polar surface area (TPSA) is 12.0 Å². The molecule has 0 aliphatic rings. The molecular weight excluding hydrogens is 214 g/mol. The van der Waals surface area contributed by atoms with Crippen molar-refractivity contribution in [2.24, 2.45) is 5.92 Å². The van der Waals surface area contributed by atoms with E-state index in [9.17, 15) is 0 Å². The highest BCUT2D eigenvalue weighted by Crippen LogP contribution is 2.33. The SMILES string of the molecule is CCCNC(c1sc(C)cc1C)C(C)CC. The minimum Gasteiger partial charge on any atom is -0.309 e. The van der Waals surface area contributed by atoms with Gasteiger partial charge in [-0.1, -0.05) is 27.2 Å². The molecule has 0 fully saturated rings. The van der Waals surface area contributed by atoms with Gasteiger partial charge in [0.05, 0.1) is 0 Å². The summed E-state index contributed by atoms with van der Waals surface area (Å²) in [7, 11) is 0. The molecule has 0 spiro atoms. The zero-order valence-electron chi connectivity index (χ0n) is 11.3. The summed E-state index contributed by atoms with van der Waals surface area (Å²) in [6.45, 7) is 12.4. The van der Waals surface area contributed by atoms with Crippen LogP contribution in [0.1, 0.15) is 55.0 Å². The second kappa shape index (κ2) is 6.41. The first-order chi connectivity index (χ1) is 7.60. The molecule has 2 heteroatoms. The summed E-state index contributed by atoms with van der Waals surface area (Å²) in [5.41, 5.74) is 1.46. The van der Waals surface area contributed by atoms with Gasteiger partial charge in [0.1, 0.15) is 0 Å². The van der Waals surface area contributed by atoms with Gasteiger partial charge in [-0.05, 0) is 44.4 Å². The van der Waals surface area contributed by atoms with Crippen LogP contribution in [0.2, 0.25) is 0 Å². The van der Waals surface area contributed by atoms with Gasteiger partial charge in [-0.3, -0.25) is 0 Å². The van der Waals surface area contributed by atoms with Crippen LogP contribution in [0.3, 0.4) is 0 Å². The Morgan fingerprint density at radius 3 is 2.44 bits per heavy atom. The quantitative estimate of drug-likeness (QED) is 0.773. The Bertz CT molecular complexity index is 317. The highest BCUT2D eigenvalue weighted by molar-refractivity contribution is 7.12. The maximum Gasteiger partial charge on any atom is 0.0443 e. The van der Waals surface area contributed by atoms with Crippen LogP contribution in [0.25, 0.3) is 0 Å². The van der Waals surface area contributed by atoms with Gasteiger partial charge in [0, 0.05) is 15.8 Å². The van der Waals surface area contributed by atoms with E-state index in [4.69, 9.17) is 0 Å². The summed E-state index contributed by atoms with van der Waals surface area (Å²) in [4.78, 5) is 2.97. The lowest BCUT2D eigenvalue weighted by Crippen LogP contribution is -2.27. The van der Waals surface area contributed by atoms with Gasteiger partial charge in [-0.2, -0.15) is 0 Å². The van der Waals surface area contributed by atoms with Crippen molar-refractivity contribution in [3.63, 3.8) is 0 Å². The van der Waals surface area contributed by atoms with Crippen LogP contribution in [0, 0.1) is 19.8 Å². The largest absolute Gasteiger partial charge is 0.309 e. The molecule has 0 aromatic carbocycles. The zero-order valence-corrected chi connectivity index (χ0v) is 12.1. The van der Waals surface area contributed by atoms with E-state index in [0.717, 1.165) is 6.54 Å². The van der Waals surface area contributed by atoms with Crippen molar-refractivity contribution in [1.82, 2.24) is 5.32 Å². The standard InChI is InChI=1S/C14H25NS/c1-6-8-15-13(10(3)7-2)14-11(4)9-12(5)16-14/h9-10,13,15H,6-8H2,1-5H3. The first-order valence-corrected chi connectivity index (χ1v) is 7.22. The van der Waals surface area contributed by atoms with Crippen molar-refractivity contribution < 1.29 is 0 Å². The predicted octanol–water partition coefficient (Wildman–Crippen LogP) is 4.45. The lowest BCUT2D eigenvalue weighted by molar-refractivity contribution is 0.381. The Balaban J connectivity index is 2.86. The van der Waals surface area contributed by atoms with E-state index in [2.05, 4.69) is 46.0 Å². The van der Waals surface area contributed by atoms with Crippen molar-refractivity contribution in [3.05, 3.63) is 21.4 Å². The fraction of sp³-hybridized carbons (Fsp3) is 0.714. The summed E-state index contributed by atoms with van der Waals surface area (Å²) in [5, 5.41) is 3.70. The van der Waals surface area contributed by atoms with E-state index >= 15 is 0 Å². The summed E-state index contributed by atoms with van der Waals surface area (Å²) in [5.74, 6) is 0.711. The fourth-order valence-corrected chi connectivity index (χ4v) is 3.30. The average Bonchev–Trinajstić information content (AvgIpc) is 2.58. The minimum atomic E-state index is 0.545. The number of rotatable bonds is 6. The first-order valence-electron chi connectivity index (χ1n) is 6.40. The highest BCUT2D eigenvalue weighted by Gasteiger charge is 2.20. The molecule has 1 N–H and O–H groups in total. The predicted molar refractivity (Wildman–Crippen MR) is 74.3 cm³/mol. The third-order valence-corrected chi connectivity index (χ3v) is 4.42. The normalized spacial score (nSPS) is 15.1. The summed E-state index contributed by atoms with van der Waals surface area (Å²) >= 11 is 1.95. The molecule has 1 nitrogen and oxygen atoms in total. The Kier molecular flexibility index (Phi) is 5.50. The molecule has 0 saturated carbocycles. The maximum absolute atomic E-state index is 3.70. The summed E-state index contributed by atoms with van der Waals surface area (Å²) in [6.07, 6.45) is 2.44. The maximum atomic E-state index is 3.70. The summed E-state index contributed by atoms with van der Waals surface area (Å²) < 4.78 is 0. The number of aryl methyl sites for hydroxylation is 2. The average molecular weight is 239 g/mol. The fourth-order valence-electron chi connectivity index (χ4n) is 2.06. The van der Waals surface area contributed by atoms with Gasteiger partial charge in [0.25, 0.3) is 0 Å². The molecule has 0 saturated heterocycles.